The molecule has 172 valence electrons. The van der Waals surface area contributed by atoms with Crippen LogP contribution in [-0.2, 0) is 16.0 Å². The highest BCUT2D eigenvalue weighted by molar-refractivity contribution is 7.98. The molecule has 8 nitrogen and oxygen atoms in total. The van der Waals surface area contributed by atoms with E-state index in [0.29, 0.717) is 35.4 Å². The van der Waals surface area contributed by atoms with Crippen LogP contribution in [0.3, 0.4) is 0 Å². The van der Waals surface area contributed by atoms with E-state index in [9.17, 15) is 19.5 Å². The average molecular weight is 467 g/mol. The summed E-state index contributed by atoms with van der Waals surface area (Å²) in [6, 6.07) is 13.3. The highest BCUT2D eigenvalue weighted by Crippen LogP contribution is 2.27. The molecule has 1 atom stereocenters. The lowest BCUT2D eigenvalue weighted by molar-refractivity contribution is -0.139. The number of aryl methyl sites for hydroxylation is 1. The van der Waals surface area contributed by atoms with Crippen LogP contribution in [0.25, 0.3) is 11.1 Å². The number of H-pyrrole nitrogens is 1. The molecule has 0 aliphatic carbocycles. The molecule has 4 N–H and O–H groups in total. The second-order valence-electron chi connectivity index (χ2n) is 7.40. The molecule has 0 saturated carbocycles. The number of benzene rings is 2. The van der Waals surface area contributed by atoms with Gasteiger partial charge in [0.15, 0.2) is 0 Å². The number of carboxylic acid groups (broad SMARTS) is 1. The van der Waals surface area contributed by atoms with Gasteiger partial charge in [-0.2, -0.15) is 11.8 Å². The number of rotatable bonds is 11. The molecule has 2 amide bonds. The number of aromatic amines is 1. The second-order valence-corrected chi connectivity index (χ2v) is 8.38. The van der Waals surface area contributed by atoms with Gasteiger partial charge in [-0.15, -0.1) is 0 Å². The maximum Gasteiger partial charge on any atom is 0.326 e. The van der Waals surface area contributed by atoms with E-state index in [-0.39, 0.29) is 12.3 Å². The summed E-state index contributed by atoms with van der Waals surface area (Å²) in [7, 11) is 0. The van der Waals surface area contributed by atoms with Gasteiger partial charge < -0.3 is 20.7 Å². The van der Waals surface area contributed by atoms with E-state index in [0.717, 1.165) is 11.3 Å². The van der Waals surface area contributed by atoms with E-state index in [1.807, 2.05) is 36.6 Å². The molecule has 0 fully saturated rings. The fourth-order valence-electron chi connectivity index (χ4n) is 3.30. The van der Waals surface area contributed by atoms with Crippen molar-refractivity contribution in [3.63, 3.8) is 0 Å². The number of aliphatic carboxylic acids is 1. The fraction of sp³-hybridized carbons (Fsp3) is 0.250. The van der Waals surface area contributed by atoms with Gasteiger partial charge in [0, 0.05) is 29.6 Å². The van der Waals surface area contributed by atoms with Gasteiger partial charge in [0.2, 0.25) is 5.91 Å². The van der Waals surface area contributed by atoms with Crippen LogP contribution in [0.1, 0.15) is 28.9 Å². The topological polar surface area (TPSA) is 124 Å². The number of amides is 2. The van der Waals surface area contributed by atoms with Crippen LogP contribution in [0.2, 0.25) is 0 Å². The summed E-state index contributed by atoms with van der Waals surface area (Å²) >= 11 is 1.52. The molecule has 2 aromatic carbocycles. The summed E-state index contributed by atoms with van der Waals surface area (Å²) in [4.78, 5) is 43.9. The Balaban J connectivity index is 1.80. The summed E-state index contributed by atoms with van der Waals surface area (Å²) in [5.74, 6) is -1.09. The predicted molar refractivity (Wildman–Crippen MR) is 129 cm³/mol. The zero-order chi connectivity index (χ0) is 23.6. The first-order chi connectivity index (χ1) is 16.0. The largest absolute Gasteiger partial charge is 0.480 e. The third-order valence-electron chi connectivity index (χ3n) is 5.02. The van der Waals surface area contributed by atoms with Crippen LogP contribution in [0.15, 0.2) is 61.1 Å². The van der Waals surface area contributed by atoms with Crippen molar-refractivity contribution in [1.29, 1.82) is 0 Å². The van der Waals surface area contributed by atoms with Crippen molar-refractivity contribution in [3.05, 3.63) is 72.3 Å². The van der Waals surface area contributed by atoms with Gasteiger partial charge in [0.25, 0.3) is 5.91 Å². The molecular weight excluding hydrogens is 440 g/mol. The van der Waals surface area contributed by atoms with E-state index in [1.54, 1.807) is 30.7 Å². The Morgan fingerprint density at radius 3 is 2.61 bits per heavy atom. The van der Waals surface area contributed by atoms with Crippen LogP contribution in [0.4, 0.5) is 5.69 Å². The molecule has 1 unspecified atom stereocenters. The highest BCUT2D eigenvalue weighted by Gasteiger charge is 2.22. The van der Waals surface area contributed by atoms with E-state index in [2.05, 4.69) is 20.6 Å². The van der Waals surface area contributed by atoms with Crippen molar-refractivity contribution in [3.8, 4) is 11.1 Å². The Morgan fingerprint density at radius 1 is 1.15 bits per heavy atom. The second kappa shape index (κ2) is 11.9. The molecule has 0 bridgehead atoms. The molecule has 0 spiro atoms. The molecule has 3 aromatic rings. The molecule has 0 aliphatic rings. The number of thioether (sulfide) groups is 1. The minimum absolute atomic E-state index is 0.163. The SMILES string of the molecule is CSCCC(NC(=O)c1ccc(NC(=O)CCc2cnc[nH]2)cc1-c1ccccc1)C(=O)O. The maximum atomic E-state index is 13.0. The highest BCUT2D eigenvalue weighted by atomic mass is 32.2. The van der Waals surface area contributed by atoms with Crippen LogP contribution in [0.5, 0.6) is 0 Å². The third kappa shape index (κ3) is 6.95. The molecule has 9 heteroatoms. The number of imidazole rings is 1. The minimum Gasteiger partial charge on any atom is -0.480 e. The Kier molecular flexibility index (Phi) is 8.65. The van der Waals surface area contributed by atoms with Crippen molar-refractivity contribution in [2.75, 3.05) is 17.3 Å². The van der Waals surface area contributed by atoms with Crippen LogP contribution in [0, 0.1) is 0 Å². The number of nitrogens with one attached hydrogen (secondary N) is 3. The lowest BCUT2D eigenvalue weighted by Gasteiger charge is -2.17. The summed E-state index contributed by atoms with van der Waals surface area (Å²) in [6.07, 6.45) is 6.27. The summed E-state index contributed by atoms with van der Waals surface area (Å²) in [5.41, 5.74) is 3.15. The van der Waals surface area contributed by atoms with E-state index >= 15 is 0 Å². The molecule has 33 heavy (non-hydrogen) atoms. The summed E-state index contributed by atoms with van der Waals surface area (Å²) in [5, 5.41) is 15.0. The normalized spacial score (nSPS) is 11.5. The number of anilines is 1. The monoisotopic (exact) mass is 466 g/mol. The number of carboxylic acids is 1. The Bertz CT molecular complexity index is 1090. The van der Waals surface area contributed by atoms with Gasteiger partial charge in [-0.05, 0) is 54.2 Å². The van der Waals surface area contributed by atoms with Gasteiger partial charge in [0.1, 0.15) is 6.04 Å². The number of carbonyl (C=O) groups is 3. The molecule has 3 rings (SSSR count). The first kappa shape index (κ1) is 24.1. The predicted octanol–water partition coefficient (Wildman–Crippen LogP) is 3.58. The van der Waals surface area contributed by atoms with Gasteiger partial charge in [-0.1, -0.05) is 30.3 Å². The summed E-state index contributed by atoms with van der Waals surface area (Å²) < 4.78 is 0. The Hall–Kier alpha value is -3.59. The fourth-order valence-corrected chi connectivity index (χ4v) is 3.77. The number of carbonyl (C=O) groups excluding carboxylic acids is 2. The molecule has 1 heterocycles. The van der Waals surface area contributed by atoms with Gasteiger partial charge in [-0.3, -0.25) is 9.59 Å². The Morgan fingerprint density at radius 2 is 1.94 bits per heavy atom. The Labute approximate surface area is 196 Å². The van der Waals surface area contributed by atoms with Gasteiger partial charge in [-0.25, -0.2) is 9.78 Å². The van der Waals surface area contributed by atoms with Crippen molar-refractivity contribution in [1.82, 2.24) is 15.3 Å². The van der Waals surface area contributed by atoms with Crippen LogP contribution in [-0.4, -0.2) is 50.9 Å². The number of hydrogen-bond acceptors (Lipinski definition) is 5. The third-order valence-corrected chi connectivity index (χ3v) is 5.67. The minimum atomic E-state index is -1.07. The van der Waals surface area contributed by atoms with Gasteiger partial charge in [0.05, 0.1) is 6.33 Å². The first-order valence-electron chi connectivity index (χ1n) is 10.5. The number of nitrogens with zero attached hydrogens (tertiary/aromatic N) is 1. The van der Waals surface area contributed by atoms with Crippen molar-refractivity contribution < 1.29 is 19.5 Å². The van der Waals surface area contributed by atoms with Crippen molar-refractivity contribution >= 4 is 35.2 Å². The number of hydrogen-bond donors (Lipinski definition) is 4. The van der Waals surface area contributed by atoms with Crippen molar-refractivity contribution in [2.24, 2.45) is 0 Å². The smallest absolute Gasteiger partial charge is 0.326 e. The first-order valence-corrected chi connectivity index (χ1v) is 11.9. The molecule has 0 saturated heterocycles. The van der Waals surface area contributed by atoms with E-state index < -0.39 is 17.9 Å². The molecule has 0 aliphatic heterocycles. The summed E-state index contributed by atoms with van der Waals surface area (Å²) in [6.45, 7) is 0. The molecule has 0 radical (unpaired) electrons. The zero-order valence-electron chi connectivity index (χ0n) is 18.2. The standard InChI is InChI=1S/C24H26N4O4S/c1-33-12-11-21(24(31)32)28-23(30)19-9-7-17(13-20(19)16-5-3-2-4-6-16)27-22(29)10-8-18-14-25-15-26-18/h2-7,9,13-15,21H,8,10-12H2,1H3,(H,25,26)(H,27,29)(H,28,30)(H,31,32). The van der Waals surface area contributed by atoms with Gasteiger partial charge >= 0.3 is 5.97 Å². The molecular formula is C24H26N4O4S. The average Bonchev–Trinajstić information content (AvgIpc) is 3.34. The quantitative estimate of drug-likeness (QED) is 0.342. The maximum absolute atomic E-state index is 13.0. The zero-order valence-corrected chi connectivity index (χ0v) is 19.0. The lowest BCUT2D eigenvalue weighted by Crippen LogP contribution is -2.41. The van der Waals surface area contributed by atoms with E-state index in [4.69, 9.17) is 0 Å². The van der Waals surface area contributed by atoms with Crippen molar-refractivity contribution in [2.45, 2.75) is 25.3 Å². The lowest BCUT2D eigenvalue weighted by atomic mass is 9.98. The van der Waals surface area contributed by atoms with Crippen LogP contribution < -0.4 is 10.6 Å². The van der Waals surface area contributed by atoms with E-state index in [1.165, 1.54) is 11.8 Å². The molecule has 1 aromatic heterocycles. The number of aromatic nitrogens is 2. The van der Waals surface area contributed by atoms with Crippen LogP contribution >= 0.6 is 11.8 Å².